The first-order valence-electron chi connectivity index (χ1n) is 18.3. The molecule has 4 rings (SSSR count). The van der Waals surface area contributed by atoms with Crippen LogP contribution in [-0.4, -0.2) is 129 Å². The van der Waals surface area contributed by atoms with Crippen molar-refractivity contribution in [2.24, 2.45) is 0 Å². The number of ether oxygens (including phenoxy) is 2. The standard InChI is InChI=1S/C38H46N6O8S4/c1-5-41(6-2)21-23-51-35(49)25-9-13-27(14-10-25)39-29(45)17-19-43-33(47)31(55-37(43)53)32-34(48)44(38(54)56-32)20-18-30(46)40-28-15-11-26(12-16-28)36(50)52-24-22-42(7-3)8-4/h9-16H,5-8,17-24H2,1-4H3,(H,39,45)(H,40,46). The van der Waals surface area contributed by atoms with E-state index in [2.05, 4.69) is 20.4 Å². The summed E-state index contributed by atoms with van der Waals surface area (Å²) in [6.45, 7) is 13.5. The highest BCUT2D eigenvalue weighted by molar-refractivity contribution is 8.29. The van der Waals surface area contributed by atoms with Gasteiger partial charge in [0, 0.05) is 50.4 Å². The van der Waals surface area contributed by atoms with Gasteiger partial charge in [-0.1, -0.05) is 75.7 Å². The zero-order valence-corrected chi connectivity index (χ0v) is 35.1. The van der Waals surface area contributed by atoms with Crippen molar-refractivity contribution in [3.8, 4) is 0 Å². The van der Waals surface area contributed by atoms with Gasteiger partial charge in [-0.2, -0.15) is 0 Å². The number of nitrogens with one attached hydrogen (secondary N) is 2. The van der Waals surface area contributed by atoms with E-state index >= 15 is 0 Å². The Morgan fingerprint density at radius 3 is 1.27 bits per heavy atom. The molecule has 2 aliphatic heterocycles. The molecule has 2 aromatic rings. The van der Waals surface area contributed by atoms with Crippen LogP contribution < -0.4 is 10.6 Å². The third kappa shape index (κ3) is 12.4. The van der Waals surface area contributed by atoms with Crippen LogP contribution in [-0.2, 0) is 28.7 Å². The zero-order valence-electron chi connectivity index (χ0n) is 31.8. The Hall–Kier alpha value is -4.20. The van der Waals surface area contributed by atoms with Crippen LogP contribution in [0.1, 0.15) is 61.3 Å². The fourth-order valence-electron chi connectivity index (χ4n) is 5.49. The number of rotatable bonds is 20. The molecule has 0 bridgehead atoms. The number of hydrogen-bond donors (Lipinski definition) is 2. The third-order valence-corrected chi connectivity index (χ3v) is 11.9. The van der Waals surface area contributed by atoms with E-state index < -0.39 is 23.8 Å². The highest BCUT2D eigenvalue weighted by Gasteiger charge is 2.42. The van der Waals surface area contributed by atoms with Crippen molar-refractivity contribution in [1.82, 2.24) is 19.6 Å². The van der Waals surface area contributed by atoms with Crippen LogP contribution in [0.25, 0.3) is 0 Å². The van der Waals surface area contributed by atoms with Crippen molar-refractivity contribution < 1.29 is 38.2 Å². The molecule has 0 aliphatic carbocycles. The molecule has 2 aliphatic rings. The summed E-state index contributed by atoms with van der Waals surface area (Å²) in [6.07, 6.45) is -0.149. The predicted molar refractivity (Wildman–Crippen MR) is 226 cm³/mol. The molecule has 0 atom stereocenters. The van der Waals surface area contributed by atoms with E-state index in [0.717, 1.165) is 49.7 Å². The molecule has 0 aromatic heterocycles. The van der Waals surface area contributed by atoms with Crippen LogP contribution in [0.4, 0.5) is 11.4 Å². The number of amides is 4. The average Bonchev–Trinajstić information content (AvgIpc) is 3.64. The number of anilines is 2. The maximum absolute atomic E-state index is 13.4. The molecule has 2 N–H and O–H groups in total. The number of nitrogens with zero attached hydrogens (tertiary/aromatic N) is 4. The van der Waals surface area contributed by atoms with Crippen molar-refractivity contribution in [2.45, 2.75) is 40.5 Å². The Labute approximate surface area is 346 Å². The normalized spacial score (nSPS) is 15.6. The van der Waals surface area contributed by atoms with Gasteiger partial charge in [0.1, 0.15) is 21.9 Å². The van der Waals surface area contributed by atoms with Crippen molar-refractivity contribution in [2.75, 3.05) is 76.2 Å². The van der Waals surface area contributed by atoms with Gasteiger partial charge in [-0.3, -0.25) is 29.0 Å². The van der Waals surface area contributed by atoms with Crippen LogP contribution in [0.3, 0.4) is 0 Å². The zero-order chi connectivity index (χ0) is 40.8. The maximum atomic E-state index is 13.4. The molecule has 18 heteroatoms. The van der Waals surface area contributed by atoms with E-state index in [4.69, 9.17) is 33.9 Å². The second-order valence-electron chi connectivity index (χ2n) is 12.4. The second-order valence-corrected chi connectivity index (χ2v) is 15.7. The summed E-state index contributed by atoms with van der Waals surface area (Å²) in [5.74, 6) is -2.67. The smallest absolute Gasteiger partial charge is 0.338 e. The molecule has 2 heterocycles. The van der Waals surface area contributed by atoms with E-state index in [-0.39, 0.29) is 69.4 Å². The van der Waals surface area contributed by atoms with Crippen LogP contribution in [0, 0.1) is 0 Å². The number of benzene rings is 2. The molecule has 2 fully saturated rings. The highest BCUT2D eigenvalue weighted by Crippen LogP contribution is 2.42. The first-order chi connectivity index (χ1) is 26.9. The Morgan fingerprint density at radius 2 is 0.946 bits per heavy atom. The number of thioether (sulfide) groups is 2. The van der Waals surface area contributed by atoms with Gasteiger partial charge in [0.25, 0.3) is 11.8 Å². The predicted octanol–water partition coefficient (Wildman–Crippen LogP) is 4.97. The van der Waals surface area contributed by atoms with Crippen molar-refractivity contribution in [1.29, 1.82) is 0 Å². The lowest BCUT2D eigenvalue weighted by Crippen LogP contribution is -2.33. The topological polar surface area (TPSA) is 158 Å². The van der Waals surface area contributed by atoms with E-state index in [1.165, 1.54) is 9.80 Å². The highest BCUT2D eigenvalue weighted by atomic mass is 32.2. The van der Waals surface area contributed by atoms with Crippen molar-refractivity contribution >= 4 is 104 Å². The Kier molecular flexibility index (Phi) is 17.4. The van der Waals surface area contributed by atoms with Crippen LogP contribution in [0.2, 0.25) is 0 Å². The molecule has 56 heavy (non-hydrogen) atoms. The van der Waals surface area contributed by atoms with Gasteiger partial charge < -0.3 is 29.9 Å². The van der Waals surface area contributed by atoms with Gasteiger partial charge in [-0.25, -0.2) is 9.59 Å². The van der Waals surface area contributed by atoms with E-state index in [9.17, 15) is 28.8 Å². The van der Waals surface area contributed by atoms with Crippen LogP contribution in [0.5, 0.6) is 0 Å². The van der Waals surface area contributed by atoms with Crippen LogP contribution in [0.15, 0.2) is 58.3 Å². The summed E-state index contributed by atoms with van der Waals surface area (Å²) < 4.78 is 11.1. The fourth-order valence-corrected chi connectivity index (χ4v) is 8.26. The molecule has 300 valence electrons. The summed E-state index contributed by atoms with van der Waals surface area (Å²) in [5, 5.41) is 5.49. The number of thiocarbonyl (C=S) groups is 2. The van der Waals surface area contributed by atoms with E-state index in [1.807, 2.05) is 27.7 Å². The quantitative estimate of drug-likeness (QED) is 0.105. The molecule has 0 saturated carbocycles. The lowest BCUT2D eigenvalue weighted by Gasteiger charge is -2.17. The van der Waals surface area contributed by atoms with Crippen molar-refractivity contribution in [3.63, 3.8) is 0 Å². The SMILES string of the molecule is CCN(CC)CCOC(=O)c1ccc(NC(=O)CCN2C(=O)C(=C3SC(=S)N(CCC(=O)Nc4ccc(C(=O)OCCN(CC)CC)cc4)C3=O)SC2=S)cc1. The van der Waals surface area contributed by atoms with Crippen LogP contribution >= 0.6 is 48.0 Å². The summed E-state index contributed by atoms with van der Waals surface area (Å²) in [5.41, 5.74) is 1.65. The number of carbonyl (C=O) groups is 6. The molecular weight excluding hydrogens is 797 g/mol. The minimum atomic E-state index is -0.508. The first-order valence-corrected chi connectivity index (χ1v) is 20.7. The largest absolute Gasteiger partial charge is 0.461 e. The summed E-state index contributed by atoms with van der Waals surface area (Å²) >= 11 is 12.8. The first kappa shape index (κ1) is 44.5. The molecule has 2 aromatic carbocycles. The Bertz CT molecular complexity index is 1700. The lowest BCUT2D eigenvalue weighted by molar-refractivity contribution is -0.125. The second kappa shape index (κ2) is 21.9. The minimum Gasteiger partial charge on any atom is -0.461 e. The van der Waals surface area contributed by atoms with E-state index in [0.29, 0.717) is 35.6 Å². The average molecular weight is 843 g/mol. The van der Waals surface area contributed by atoms with Crippen molar-refractivity contribution in [3.05, 3.63) is 69.5 Å². The lowest BCUT2D eigenvalue weighted by atomic mass is 10.2. The summed E-state index contributed by atoms with van der Waals surface area (Å²) in [6, 6.07) is 12.6. The Balaban J connectivity index is 1.22. The molecule has 0 unspecified atom stereocenters. The minimum absolute atomic E-state index is 0.0176. The third-order valence-electron chi connectivity index (χ3n) is 8.91. The van der Waals surface area contributed by atoms with Gasteiger partial charge in [0.2, 0.25) is 11.8 Å². The number of likely N-dealkylation sites (N-methyl/N-ethyl adjacent to an activating group) is 2. The number of carbonyl (C=O) groups excluding carboxylic acids is 6. The molecule has 0 spiro atoms. The summed E-state index contributed by atoms with van der Waals surface area (Å²) in [4.78, 5) is 84.1. The fraction of sp³-hybridized carbons (Fsp3) is 0.421. The van der Waals surface area contributed by atoms with Gasteiger partial charge in [0.05, 0.1) is 20.9 Å². The van der Waals surface area contributed by atoms with Gasteiger partial charge >= 0.3 is 11.9 Å². The number of esters is 2. The molecule has 2 saturated heterocycles. The van der Waals surface area contributed by atoms with Gasteiger partial charge in [0.15, 0.2) is 0 Å². The summed E-state index contributed by atoms with van der Waals surface area (Å²) in [7, 11) is 0. The van der Waals surface area contributed by atoms with Gasteiger partial charge in [-0.05, 0) is 74.7 Å². The Morgan fingerprint density at radius 1 is 0.607 bits per heavy atom. The molecule has 4 amide bonds. The van der Waals surface area contributed by atoms with Gasteiger partial charge in [-0.15, -0.1) is 0 Å². The maximum Gasteiger partial charge on any atom is 0.338 e. The molecular formula is C38H46N6O8S4. The number of hydrogen-bond acceptors (Lipinski definition) is 14. The monoisotopic (exact) mass is 842 g/mol. The molecule has 14 nitrogen and oxygen atoms in total. The molecule has 0 radical (unpaired) electrons. The van der Waals surface area contributed by atoms with E-state index in [1.54, 1.807) is 48.5 Å².